The average molecular weight is 304 g/mol. The summed E-state index contributed by atoms with van der Waals surface area (Å²) in [6.45, 7) is 4.71. The molecule has 3 atom stereocenters. The summed E-state index contributed by atoms with van der Waals surface area (Å²) in [5, 5.41) is 8.77. The van der Waals surface area contributed by atoms with Crippen LogP contribution in [0.2, 0.25) is 5.02 Å². The Kier molecular flexibility index (Phi) is 4.20. The predicted molar refractivity (Wildman–Crippen MR) is 88.2 cm³/mol. The second kappa shape index (κ2) is 6.10. The zero-order valence-corrected chi connectivity index (χ0v) is 13.3. The van der Waals surface area contributed by atoms with E-state index in [0.717, 1.165) is 28.2 Å². The summed E-state index contributed by atoms with van der Waals surface area (Å²) in [7, 11) is 0. The van der Waals surface area contributed by atoms with Crippen LogP contribution in [0.3, 0.4) is 0 Å². The lowest BCUT2D eigenvalue weighted by molar-refractivity contribution is 0.261. The van der Waals surface area contributed by atoms with E-state index in [9.17, 15) is 0 Å². The number of benzene rings is 1. The molecule has 1 saturated carbocycles. The first-order chi connectivity index (χ1) is 10.1. The Labute approximate surface area is 131 Å². The van der Waals surface area contributed by atoms with E-state index in [0.29, 0.717) is 6.04 Å². The van der Waals surface area contributed by atoms with Crippen LogP contribution in [0.4, 0.5) is 5.69 Å². The molecule has 1 aliphatic carbocycles. The molecule has 1 fully saturated rings. The molecule has 0 spiro atoms. The number of anilines is 1. The van der Waals surface area contributed by atoms with Gasteiger partial charge in [0.25, 0.3) is 0 Å². The first-order valence-electron chi connectivity index (χ1n) is 7.69. The maximum absolute atomic E-state index is 6.18. The molecule has 1 aliphatic rings. The molecule has 0 bridgehead atoms. The van der Waals surface area contributed by atoms with Gasteiger partial charge in [0.2, 0.25) is 0 Å². The van der Waals surface area contributed by atoms with Crippen LogP contribution in [-0.4, -0.2) is 15.8 Å². The highest BCUT2D eigenvalue weighted by Gasteiger charge is 2.25. The summed E-state index contributed by atoms with van der Waals surface area (Å²) in [5.74, 6) is 1.59. The third kappa shape index (κ3) is 3.24. The Balaban J connectivity index is 1.83. The molecule has 3 unspecified atom stereocenters. The summed E-state index contributed by atoms with van der Waals surface area (Å²) in [5.41, 5.74) is 2.12. The van der Waals surface area contributed by atoms with E-state index in [4.69, 9.17) is 11.6 Å². The van der Waals surface area contributed by atoms with Crippen LogP contribution in [0, 0.1) is 11.8 Å². The normalized spacial score (nSPS) is 25.8. The summed E-state index contributed by atoms with van der Waals surface area (Å²) in [4.78, 5) is 0. The van der Waals surface area contributed by atoms with E-state index in [1.807, 2.05) is 35.1 Å². The van der Waals surface area contributed by atoms with Gasteiger partial charge in [0.05, 0.1) is 11.4 Å². The summed E-state index contributed by atoms with van der Waals surface area (Å²) >= 11 is 6.18. The zero-order valence-electron chi connectivity index (χ0n) is 12.6. The standard InChI is InChI=1S/C17H22ClN3/c1-12-4-6-15(10-13(12)2)20-16-11-14(18)5-7-17(16)21-9-3-8-19-21/h3,5,7-9,11-13,15,20H,4,6,10H2,1-2H3. The van der Waals surface area contributed by atoms with Crippen molar-refractivity contribution in [1.82, 2.24) is 9.78 Å². The monoisotopic (exact) mass is 303 g/mol. The number of nitrogens with zero attached hydrogens (tertiary/aromatic N) is 2. The third-order valence-corrected chi connectivity index (χ3v) is 4.90. The zero-order chi connectivity index (χ0) is 14.8. The lowest BCUT2D eigenvalue weighted by Crippen LogP contribution is -2.30. The SMILES string of the molecule is CC1CCC(Nc2cc(Cl)ccc2-n2cccn2)CC1C. The van der Waals surface area contributed by atoms with Gasteiger partial charge in [0, 0.05) is 23.5 Å². The van der Waals surface area contributed by atoms with Crippen LogP contribution in [0.25, 0.3) is 5.69 Å². The van der Waals surface area contributed by atoms with Crippen molar-refractivity contribution in [3.8, 4) is 5.69 Å². The van der Waals surface area contributed by atoms with Crippen molar-refractivity contribution in [2.24, 2.45) is 11.8 Å². The lowest BCUT2D eigenvalue weighted by Gasteiger charge is -2.33. The van der Waals surface area contributed by atoms with E-state index < -0.39 is 0 Å². The van der Waals surface area contributed by atoms with E-state index in [2.05, 4.69) is 24.3 Å². The van der Waals surface area contributed by atoms with Crippen LogP contribution in [0.5, 0.6) is 0 Å². The molecule has 0 saturated heterocycles. The first kappa shape index (κ1) is 14.5. The van der Waals surface area contributed by atoms with Gasteiger partial charge in [-0.25, -0.2) is 4.68 Å². The van der Waals surface area contributed by atoms with Gasteiger partial charge in [0.1, 0.15) is 0 Å². The van der Waals surface area contributed by atoms with Crippen molar-refractivity contribution in [2.45, 2.75) is 39.2 Å². The van der Waals surface area contributed by atoms with Gasteiger partial charge in [-0.15, -0.1) is 0 Å². The topological polar surface area (TPSA) is 29.9 Å². The number of aromatic nitrogens is 2. The highest BCUT2D eigenvalue weighted by Crippen LogP contribution is 2.33. The van der Waals surface area contributed by atoms with Crippen molar-refractivity contribution < 1.29 is 0 Å². The maximum Gasteiger partial charge on any atom is 0.0877 e. The molecule has 1 heterocycles. The molecular weight excluding hydrogens is 282 g/mol. The Morgan fingerprint density at radius 1 is 1.24 bits per heavy atom. The number of nitrogens with one attached hydrogen (secondary N) is 1. The largest absolute Gasteiger partial charge is 0.381 e. The molecule has 112 valence electrons. The smallest absolute Gasteiger partial charge is 0.0877 e. The molecule has 0 aliphatic heterocycles. The van der Waals surface area contributed by atoms with Crippen molar-refractivity contribution in [3.05, 3.63) is 41.7 Å². The Bertz CT molecular complexity index is 594. The van der Waals surface area contributed by atoms with Crippen molar-refractivity contribution in [3.63, 3.8) is 0 Å². The maximum atomic E-state index is 6.18. The minimum Gasteiger partial charge on any atom is -0.381 e. The molecule has 4 heteroatoms. The molecule has 3 rings (SSSR count). The average Bonchev–Trinajstić information content (AvgIpc) is 2.97. The minimum absolute atomic E-state index is 0.518. The van der Waals surface area contributed by atoms with Crippen molar-refractivity contribution >= 4 is 17.3 Å². The quantitative estimate of drug-likeness (QED) is 0.885. The van der Waals surface area contributed by atoms with Gasteiger partial charge in [0.15, 0.2) is 0 Å². The van der Waals surface area contributed by atoms with Crippen LogP contribution in [-0.2, 0) is 0 Å². The molecule has 1 aromatic carbocycles. The number of hydrogen-bond donors (Lipinski definition) is 1. The summed E-state index contributed by atoms with van der Waals surface area (Å²) in [6.07, 6.45) is 7.47. The van der Waals surface area contributed by atoms with Gasteiger partial charge in [-0.3, -0.25) is 0 Å². The van der Waals surface area contributed by atoms with Gasteiger partial charge >= 0.3 is 0 Å². The lowest BCUT2D eigenvalue weighted by atomic mass is 9.79. The molecule has 2 aromatic rings. The molecule has 3 nitrogen and oxygen atoms in total. The molecule has 0 amide bonds. The first-order valence-corrected chi connectivity index (χ1v) is 8.07. The number of hydrogen-bond acceptors (Lipinski definition) is 2. The summed E-state index contributed by atoms with van der Waals surface area (Å²) < 4.78 is 1.88. The highest BCUT2D eigenvalue weighted by atomic mass is 35.5. The second-order valence-electron chi connectivity index (χ2n) is 6.22. The van der Waals surface area contributed by atoms with Crippen LogP contribution in [0.15, 0.2) is 36.7 Å². The van der Waals surface area contributed by atoms with Crippen molar-refractivity contribution in [2.75, 3.05) is 5.32 Å². The Morgan fingerprint density at radius 3 is 2.81 bits per heavy atom. The van der Waals surface area contributed by atoms with Gasteiger partial charge < -0.3 is 5.32 Å². The summed E-state index contributed by atoms with van der Waals surface area (Å²) in [6, 6.07) is 8.38. The molecule has 1 aromatic heterocycles. The number of halogens is 1. The third-order valence-electron chi connectivity index (χ3n) is 4.67. The fourth-order valence-corrected chi connectivity index (χ4v) is 3.31. The Hall–Kier alpha value is -1.48. The van der Waals surface area contributed by atoms with Crippen molar-refractivity contribution in [1.29, 1.82) is 0 Å². The fourth-order valence-electron chi connectivity index (χ4n) is 3.13. The van der Waals surface area contributed by atoms with Gasteiger partial charge in [-0.1, -0.05) is 25.4 Å². The van der Waals surface area contributed by atoms with Gasteiger partial charge in [-0.05, 0) is 55.4 Å². The minimum atomic E-state index is 0.518. The van der Waals surface area contributed by atoms with Crippen LogP contribution >= 0.6 is 11.6 Å². The molecule has 1 N–H and O–H groups in total. The molecule has 0 radical (unpaired) electrons. The fraction of sp³-hybridized carbons (Fsp3) is 0.471. The molecule has 21 heavy (non-hydrogen) atoms. The predicted octanol–water partition coefficient (Wildman–Crippen LogP) is 4.76. The Morgan fingerprint density at radius 2 is 2.10 bits per heavy atom. The van der Waals surface area contributed by atoms with E-state index in [-0.39, 0.29) is 0 Å². The van der Waals surface area contributed by atoms with E-state index in [1.165, 1.54) is 19.3 Å². The van der Waals surface area contributed by atoms with E-state index >= 15 is 0 Å². The number of rotatable bonds is 3. The van der Waals surface area contributed by atoms with E-state index in [1.54, 1.807) is 6.20 Å². The van der Waals surface area contributed by atoms with Gasteiger partial charge in [-0.2, -0.15) is 5.10 Å². The molecular formula is C17H22ClN3. The highest BCUT2D eigenvalue weighted by molar-refractivity contribution is 6.31. The van der Waals surface area contributed by atoms with Crippen LogP contribution < -0.4 is 5.32 Å². The second-order valence-corrected chi connectivity index (χ2v) is 6.66. The van der Waals surface area contributed by atoms with Crippen LogP contribution in [0.1, 0.15) is 33.1 Å².